The van der Waals surface area contributed by atoms with Gasteiger partial charge < -0.3 is 4.52 Å². The van der Waals surface area contributed by atoms with Gasteiger partial charge in [-0.2, -0.15) is 0 Å². The van der Waals surface area contributed by atoms with E-state index in [0.29, 0.717) is 23.6 Å². The van der Waals surface area contributed by atoms with E-state index < -0.39 is 0 Å². The zero-order valence-corrected chi connectivity index (χ0v) is 13.7. The monoisotopic (exact) mass is 321 g/mol. The summed E-state index contributed by atoms with van der Waals surface area (Å²) in [5, 5.41) is 5.67. The number of hydrogen-bond acceptors (Lipinski definition) is 4. The van der Waals surface area contributed by atoms with Crippen molar-refractivity contribution in [1.29, 1.82) is 0 Å². The minimum Gasteiger partial charge on any atom is -0.361 e. The summed E-state index contributed by atoms with van der Waals surface area (Å²) >= 11 is 0. The Labute approximate surface area is 140 Å². The van der Waals surface area contributed by atoms with Gasteiger partial charge in [-0.25, -0.2) is 0 Å². The molecule has 0 spiro atoms. The molecule has 0 saturated carbocycles. The highest BCUT2D eigenvalue weighted by molar-refractivity contribution is 5.96. The zero-order chi connectivity index (χ0) is 16.9. The summed E-state index contributed by atoms with van der Waals surface area (Å²) in [6.07, 6.45) is 0. The predicted molar refractivity (Wildman–Crippen MR) is 92.5 cm³/mol. The number of aryl methyl sites for hydroxylation is 2. The van der Waals surface area contributed by atoms with E-state index in [9.17, 15) is 4.79 Å². The molecule has 0 radical (unpaired) electrons. The van der Waals surface area contributed by atoms with Crippen molar-refractivity contribution < 1.29 is 9.32 Å². The lowest BCUT2D eigenvalue weighted by molar-refractivity contribution is 0.0946. The Hall–Kier alpha value is -3.08. The Bertz CT molecular complexity index is 794. The molecule has 3 aromatic rings. The van der Waals surface area contributed by atoms with Crippen LogP contribution in [-0.4, -0.2) is 11.1 Å². The topological polar surface area (TPSA) is 58.4 Å². The molecule has 1 heterocycles. The van der Waals surface area contributed by atoms with Gasteiger partial charge >= 0.3 is 0 Å². The van der Waals surface area contributed by atoms with Gasteiger partial charge in [-0.1, -0.05) is 53.7 Å². The second-order valence-corrected chi connectivity index (χ2v) is 5.55. The van der Waals surface area contributed by atoms with Gasteiger partial charge in [-0.15, -0.1) is 0 Å². The first-order chi connectivity index (χ1) is 11.6. The summed E-state index contributed by atoms with van der Waals surface area (Å²) in [5.41, 5.74) is 6.02. The highest BCUT2D eigenvalue weighted by Crippen LogP contribution is 2.17. The van der Waals surface area contributed by atoms with Crippen LogP contribution in [0.15, 0.2) is 65.2 Å². The number of nitrogens with one attached hydrogen (secondary N) is 1. The number of hydrazine groups is 1. The Balaban J connectivity index is 1.86. The van der Waals surface area contributed by atoms with Crippen LogP contribution in [0.25, 0.3) is 0 Å². The average Bonchev–Trinajstić information content (AvgIpc) is 2.94. The van der Waals surface area contributed by atoms with Crippen LogP contribution in [0.3, 0.4) is 0 Å². The van der Waals surface area contributed by atoms with Crippen LogP contribution >= 0.6 is 0 Å². The molecule has 0 saturated heterocycles. The van der Waals surface area contributed by atoms with Crippen molar-refractivity contribution in [3.8, 4) is 0 Å². The number of carbonyl (C=O) groups excluding carboxylic acids is 1. The molecular weight excluding hydrogens is 302 g/mol. The Kier molecular flexibility index (Phi) is 4.61. The molecular formula is C19H19N3O2. The first-order valence-electron chi connectivity index (χ1n) is 7.75. The smallest absolute Gasteiger partial charge is 0.275 e. The molecule has 1 N–H and O–H groups in total. The molecule has 2 aromatic carbocycles. The van der Waals surface area contributed by atoms with Gasteiger partial charge in [-0.3, -0.25) is 15.2 Å². The molecule has 0 bridgehead atoms. The molecule has 0 unspecified atom stereocenters. The molecule has 0 aliphatic rings. The van der Waals surface area contributed by atoms with E-state index in [4.69, 9.17) is 4.52 Å². The van der Waals surface area contributed by atoms with Crippen LogP contribution in [0.5, 0.6) is 0 Å². The summed E-state index contributed by atoms with van der Waals surface area (Å²) in [6.45, 7) is 4.05. The fourth-order valence-electron chi connectivity index (χ4n) is 2.55. The maximum absolute atomic E-state index is 12.7. The van der Waals surface area contributed by atoms with E-state index in [1.54, 1.807) is 13.8 Å². The average molecular weight is 321 g/mol. The predicted octanol–water partition coefficient (Wildman–Crippen LogP) is 3.64. The number of carbonyl (C=O) groups is 1. The third kappa shape index (κ3) is 3.46. The second-order valence-electron chi connectivity index (χ2n) is 5.55. The van der Waals surface area contributed by atoms with E-state index in [0.717, 1.165) is 11.3 Å². The normalized spacial score (nSPS) is 10.4. The lowest BCUT2D eigenvalue weighted by Gasteiger charge is -2.25. The number of anilines is 1. The fraction of sp³-hybridized carbons (Fsp3) is 0.158. The van der Waals surface area contributed by atoms with Gasteiger partial charge in [0.25, 0.3) is 5.91 Å². The molecule has 0 atom stereocenters. The molecule has 3 rings (SSSR count). The summed E-state index contributed by atoms with van der Waals surface area (Å²) in [6, 6.07) is 19.7. The SMILES string of the molecule is Cc1noc(C)c1C(=O)NN(Cc1ccccc1)c1ccccc1. The van der Waals surface area contributed by atoms with Crippen molar-refractivity contribution in [1.82, 2.24) is 10.6 Å². The lowest BCUT2D eigenvalue weighted by atomic mass is 10.2. The van der Waals surface area contributed by atoms with Crippen molar-refractivity contribution >= 4 is 11.6 Å². The number of amides is 1. The molecule has 24 heavy (non-hydrogen) atoms. The Morgan fingerprint density at radius 2 is 1.67 bits per heavy atom. The van der Waals surface area contributed by atoms with Gasteiger partial charge in [0, 0.05) is 0 Å². The molecule has 5 heteroatoms. The molecule has 1 aromatic heterocycles. The molecule has 0 fully saturated rings. The van der Waals surface area contributed by atoms with Crippen molar-refractivity contribution in [3.63, 3.8) is 0 Å². The first kappa shape index (κ1) is 15.8. The van der Waals surface area contributed by atoms with Gasteiger partial charge in [-0.05, 0) is 31.5 Å². The molecule has 0 aliphatic carbocycles. The van der Waals surface area contributed by atoms with E-state index in [1.807, 2.05) is 65.7 Å². The van der Waals surface area contributed by atoms with Crippen LogP contribution in [0, 0.1) is 13.8 Å². The van der Waals surface area contributed by atoms with Crippen molar-refractivity contribution in [3.05, 3.63) is 83.2 Å². The Morgan fingerprint density at radius 3 is 2.25 bits per heavy atom. The van der Waals surface area contributed by atoms with Crippen molar-refractivity contribution in [2.24, 2.45) is 0 Å². The largest absolute Gasteiger partial charge is 0.361 e. The van der Waals surface area contributed by atoms with Crippen LogP contribution < -0.4 is 10.4 Å². The third-order valence-corrected chi connectivity index (χ3v) is 3.75. The van der Waals surface area contributed by atoms with Gasteiger partial charge in [0.15, 0.2) is 0 Å². The molecule has 5 nitrogen and oxygen atoms in total. The summed E-state index contributed by atoms with van der Waals surface area (Å²) < 4.78 is 5.09. The molecule has 122 valence electrons. The summed E-state index contributed by atoms with van der Waals surface area (Å²) in [7, 11) is 0. The third-order valence-electron chi connectivity index (χ3n) is 3.75. The zero-order valence-electron chi connectivity index (χ0n) is 13.7. The van der Waals surface area contributed by atoms with E-state index in [1.165, 1.54) is 0 Å². The quantitative estimate of drug-likeness (QED) is 0.729. The second kappa shape index (κ2) is 7.00. The minimum absolute atomic E-state index is 0.231. The van der Waals surface area contributed by atoms with Crippen LogP contribution in [0.1, 0.15) is 27.4 Å². The van der Waals surface area contributed by atoms with E-state index >= 15 is 0 Å². The number of aromatic nitrogens is 1. The van der Waals surface area contributed by atoms with E-state index in [-0.39, 0.29) is 5.91 Å². The van der Waals surface area contributed by atoms with Gasteiger partial charge in [0.2, 0.25) is 0 Å². The number of rotatable bonds is 5. The molecule has 1 amide bonds. The summed E-state index contributed by atoms with van der Waals surface area (Å²) in [4.78, 5) is 12.7. The highest BCUT2D eigenvalue weighted by atomic mass is 16.5. The van der Waals surface area contributed by atoms with Crippen molar-refractivity contribution in [2.75, 3.05) is 5.01 Å². The number of para-hydroxylation sites is 1. The van der Waals surface area contributed by atoms with Crippen LogP contribution in [0.4, 0.5) is 5.69 Å². The van der Waals surface area contributed by atoms with Crippen LogP contribution in [0.2, 0.25) is 0 Å². The highest BCUT2D eigenvalue weighted by Gasteiger charge is 2.20. The van der Waals surface area contributed by atoms with Gasteiger partial charge in [0.05, 0.1) is 17.9 Å². The van der Waals surface area contributed by atoms with Crippen molar-refractivity contribution in [2.45, 2.75) is 20.4 Å². The van der Waals surface area contributed by atoms with E-state index in [2.05, 4.69) is 10.6 Å². The standard InChI is InChI=1S/C19H19N3O2/c1-14-18(15(2)24-21-14)19(23)20-22(17-11-7-4-8-12-17)13-16-9-5-3-6-10-16/h3-12H,13H2,1-2H3,(H,20,23). The number of benzene rings is 2. The minimum atomic E-state index is -0.231. The first-order valence-corrected chi connectivity index (χ1v) is 7.75. The van der Waals surface area contributed by atoms with Crippen LogP contribution in [-0.2, 0) is 6.54 Å². The maximum Gasteiger partial charge on any atom is 0.275 e. The Morgan fingerprint density at radius 1 is 1.04 bits per heavy atom. The van der Waals surface area contributed by atoms with Gasteiger partial charge in [0.1, 0.15) is 11.3 Å². The fourth-order valence-corrected chi connectivity index (χ4v) is 2.55. The number of hydrogen-bond donors (Lipinski definition) is 1. The molecule has 0 aliphatic heterocycles. The summed E-state index contributed by atoms with van der Waals surface area (Å²) in [5.74, 6) is 0.281. The lowest BCUT2D eigenvalue weighted by Crippen LogP contribution is -2.42. The maximum atomic E-state index is 12.7. The number of nitrogens with zero attached hydrogens (tertiary/aromatic N) is 2.